The minimum Gasteiger partial charge on any atom is -0.493 e. The quantitative estimate of drug-likeness (QED) is 0.857. The van der Waals surface area contributed by atoms with Gasteiger partial charge >= 0.3 is 5.97 Å². The van der Waals surface area contributed by atoms with Gasteiger partial charge in [0.15, 0.2) is 0 Å². The Bertz CT molecular complexity index is 605. The van der Waals surface area contributed by atoms with E-state index in [0.717, 1.165) is 23.3 Å². The smallest absolute Gasteiger partial charge is 0.322 e. The Kier molecular flexibility index (Phi) is 3.73. The molecule has 0 aromatic heterocycles. The van der Waals surface area contributed by atoms with E-state index in [-0.39, 0.29) is 19.0 Å². The molecule has 1 fully saturated rings. The Balaban J connectivity index is 1.88. The monoisotopic (exact) mass is 310 g/mol. The molecule has 1 saturated heterocycles. The first-order chi connectivity index (χ1) is 10.0. The number of benzene rings is 1. The molecule has 2 N–H and O–H groups in total. The fourth-order valence-corrected chi connectivity index (χ4v) is 3.05. The number of carboxylic acid groups (broad SMARTS) is 1. The number of carbonyl (C=O) groups is 2. The number of hydrogen-bond acceptors (Lipinski definition) is 4. The summed E-state index contributed by atoms with van der Waals surface area (Å²) in [5.74, 6) is -0.351. The van der Waals surface area contributed by atoms with Gasteiger partial charge in [-0.1, -0.05) is 11.6 Å². The first-order valence-electron chi connectivity index (χ1n) is 6.72. The molecular formula is C14H15ClN2O4. The predicted octanol–water partition coefficient (Wildman–Crippen LogP) is 0.660. The number of amides is 1. The summed E-state index contributed by atoms with van der Waals surface area (Å²) in [6.45, 7) is 1.09. The molecule has 0 aliphatic carbocycles. The van der Waals surface area contributed by atoms with E-state index >= 15 is 0 Å². The van der Waals surface area contributed by atoms with Gasteiger partial charge in [-0.25, -0.2) is 0 Å². The molecular weight excluding hydrogens is 296 g/mol. The highest BCUT2D eigenvalue weighted by atomic mass is 35.5. The number of fused-ring (bicyclic) bond motifs is 1. The number of carbonyl (C=O) groups excluding carboxylic acids is 1. The zero-order valence-electron chi connectivity index (χ0n) is 11.3. The Morgan fingerprint density at radius 3 is 3.10 bits per heavy atom. The van der Waals surface area contributed by atoms with Crippen LogP contribution >= 0.6 is 11.6 Å². The van der Waals surface area contributed by atoms with Crippen LogP contribution in [0.2, 0.25) is 5.02 Å². The van der Waals surface area contributed by atoms with E-state index < -0.39 is 12.0 Å². The Morgan fingerprint density at radius 1 is 1.52 bits per heavy atom. The van der Waals surface area contributed by atoms with Crippen molar-refractivity contribution in [2.45, 2.75) is 19.0 Å². The molecule has 1 amide bonds. The van der Waals surface area contributed by atoms with Gasteiger partial charge in [0, 0.05) is 30.1 Å². The zero-order valence-corrected chi connectivity index (χ0v) is 12.0. The van der Waals surface area contributed by atoms with Gasteiger partial charge in [0.25, 0.3) is 0 Å². The second kappa shape index (κ2) is 5.54. The van der Waals surface area contributed by atoms with Gasteiger partial charge in [0.1, 0.15) is 11.8 Å². The van der Waals surface area contributed by atoms with Gasteiger partial charge in [0.05, 0.1) is 13.2 Å². The van der Waals surface area contributed by atoms with Crippen molar-refractivity contribution < 1.29 is 19.4 Å². The van der Waals surface area contributed by atoms with Gasteiger partial charge in [-0.15, -0.1) is 0 Å². The third-order valence-electron chi connectivity index (χ3n) is 3.76. The first kappa shape index (κ1) is 14.2. The molecule has 6 nitrogen and oxygen atoms in total. The van der Waals surface area contributed by atoms with E-state index in [9.17, 15) is 14.7 Å². The summed E-state index contributed by atoms with van der Waals surface area (Å²) in [5.41, 5.74) is 1.86. The van der Waals surface area contributed by atoms with Crippen molar-refractivity contribution >= 4 is 23.5 Å². The second-order valence-electron chi connectivity index (χ2n) is 5.21. The number of piperazine rings is 1. The Morgan fingerprint density at radius 2 is 2.33 bits per heavy atom. The third-order valence-corrected chi connectivity index (χ3v) is 3.98. The lowest BCUT2D eigenvalue weighted by Gasteiger charge is -2.32. The molecule has 1 atom stereocenters. The molecule has 112 valence electrons. The van der Waals surface area contributed by atoms with Gasteiger partial charge in [-0.05, 0) is 17.7 Å². The predicted molar refractivity (Wildman–Crippen MR) is 75.5 cm³/mol. The van der Waals surface area contributed by atoms with Crippen LogP contribution in [0.3, 0.4) is 0 Å². The van der Waals surface area contributed by atoms with Crippen molar-refractivity contribution in [1.82, 2.24) is 10.2 Å². The average molecular weight is 311 g/mol. The van der Waals surface area contributed by atoms with Crippen LogP contribution in [0.15, 0.2) is 12.1 Å². The van der Waals surface area contributed by atoms with Crippen LogP contribution in [-0.4, -0.2) is 47.6 Å². The Hall–Kier alpha value is -1.79. The maximum atomic E-state index is 11.5. The molecule has 2 aliphatic rings. The summed E-state index contributed by atoms with van der Waals surface area (Å²) in [6.07, 6.45) is 0.797. The highest BCUT2D eigenvalue weighted by Crippen LogP contribution is 2.34. The lowest BCUT2D eigenvalue weighted by molar-refractivity contribution is -0.146. The van der Waals surface area contributed by atoms with Crippen LogP contribution in [0.4, 0.5) is 0 Å². The molecule has 1 aromatic carbocycles. The van der Waals surface area contributed by atoms with E-state index in [1.807, 2.05) is 6.07 Å². The second-order valence-corrected chi connectivity index (χ2v) is 5.65. The molecule has 1 aromatic rings. The molecule has 0 bridgehead atoms. The number of carboxylic acids is 1. The van der Waals surface area contributed by atoms with Gasteiger partial charge in [-0.2, -0.15) is 0 Å². The van der Waals surface area contributed by atoms with Crippen molar-refractivity contribution in [3.63, 3.8) is 0 Å². The van der Waals surface area contributed by atoms with E-state index in [4.69, 9.17) is 16.3 Å². The van der Waals surface area contributed by atoms with Gasteiger partial charge < -0.3 is 15.2 Å². The number of nitrogens with zero attached hydrogens (tertiary/aromatic N) is 1. The van der Waals surface area contributed by atoms with Crippen LogP contribution in [0, 0.1) is 0 Å². The number of nitrogens with one attached hydrogen (secondary N) is 1. The average Bonchev–Trinajstić information content (AvgIpc) is 2.86. The van der Waals surface area contributed by atoms with E-state index in [1.165, 1.54) is 0 Å². The summed E-state index contributed by atoms with van der Waals surface area (Å²) in [7, 11) is 0. The van der Waals surface area contributed by atoms with Crippen LogP contribution in [0.1, 0.15) is 11.1 Å². The SMILES string of the molecule is O=C1CN(Cc2cc(Cl)cc3c2OCC3)C(C(=O)O)CN1. The first-order valence-corrected chi connectivity index (χ1v) is 7.10. The van der Waals surface area contributed by atoms with Gasteiger partial charge in [0.2, 0.25) is 5.91 Å². The normalized spacial score (nSPS) is 21.6. The largest absolute Gasteiger partial charge is 0.493 e. The third kappa shape index (κ3) is 2.82. The maximum absolute atomic E-state index is 11.5. The lowest BCUT2D eigenvalue weighted by Crippen LogP contribution is -2.56. The minimum absolute atomic E-state index is 0.0538. The summed E-state index contributed by atoms with van der Waals surface area (Å²) in [6, 6.07) is 2.90. The van der Waals surface area contributed by atoms with E-state index in [2.05, 4.69) is 5.32 Å². The number of halogens is 1. The zero-order chi connectivity index (χ0) is 15.0. The number of aliphatic carboxylic acids is 1. The topological polar surface area (TPSA) is 78.9 Å². The summed E-state index contributed by atoms with van der Waals surface area (Å²) < 4.78 is 5.62. The van der Waals surface area contributed by atoms with E-state index in [0.29, 0.717) is 18.2 Å². The number of ether oxygens (including phenoxy) is 1. The highest BCUT2D eigenvalue weighted by molar-refractivity contribution is 6.30. The van der Waals surface area contributed by atoms with Crippen LogP contribution in [-0.2, 0) is 22.6 Å². The standard InChI is InChI=1S/C14H15ClN2O4/c15-10-3-8-1-2-21-13(8)9(4-10)6-17-7-12(18)16-5-11(17)14(19)20/h3-4,11H,1-2,5-7H2,(H,16,18)(H,19,20). The molecule has 2 aliphatic heterocycles. The summed E-state index contributed by atoms with van der Waals surface area (Å²) in [4.78, 5) is 24.5. The van der Waals surface area contributed by atoms with Crippen molar-refractivity contribution in [3.05, 3.63) is 28.3 Å². The number of rotatable bonds is 3. The fourth-order valence-electron chi connectivity index (χ4n) is 2.78. The van der Waals surface area contributed by atoms with Crippen LogP contribution < -0.4 is 10.1 Å². The lowest BCUT2D eigenvalue weighted by atomic mass is 10.1. The van der Waals surface area contributed by atoms with E-state index in [1.54, 1.807) is 11.0 Å². The molecule has 7 heteroatoms. The minimum atomic E-state index is -0.949. The summed E-state index contributed by atoms with van der Waals surface area (Å²) in [5, 5.41) is 12.4. The maximum Gasteiger partial charge on any atom is 0.322 e. The van der Waals surface area contributed by atoms with Crippen LogP contribution in [0.25, 0.3) is 0 Å². The molecule has 1 unspecified atom stereocenters. The molecule has 2 heterocycles. The van der Waals surface area contributed by atoms with Crippen molar-refractivity contribution in [2.75, 3.05) is 19.7 Å². The Labute approximate surface area is 126 Å². The molecule has 0 saturated carbocycles. The fraction of sp³-hybridized carbons (Fsp3) is 0.429. The molecule has 21 heavy (non-hydrogen) atoms. The molecule has 0 radical (unpaired) electrons. The van der Waals surface area contributed by atoms with Crippen LogP contribution in [0.5, 0.6) is 5.75 Å². The van der Waals surface area contributed by atoms with Gasteiger partial charge in [-0.3, -0.25) is 14.5 Å². The molecule has 3 rings (SSSR count). The number of hydrogen-bond donors (Lipinski definition) is 2. The molecule has 0 spiro atoms. The summed E-state index contributed by atoms with van der Waals surface area (Å²) >= 11 is 6.10. The highest BCUT2D eigenvalue weighted by Gasteiger charge is 2.33. The van der Waals surface area contributed by atoms with Crippen molar-refractivity contribution in [1.29, 1.82) is 0 Å². The van der Waals surface area contributed by atoms with Crippen molar-refractivity contribution in [2.24, 2.45) is 0 Å². The van der Waals surface area contributed by atoms with Crippen molar-refractivity contribution in [3.8, 4) is 5.75 Å².